The third-order valence-electron chi connectivity index (χ3n) is 2.92. The molecule has 0 aromatic carbocycles. The van der Waals surface area contributed by atoms with Crippen molar-refractivity contribution in [2.75, 3.05) is 13.6 Å². The molecule has 0 fully saturated rings. The molecule has 2 heteroatoms. The van der Waals surface area contributed by atoms with Crippen molar-refractivity contribution >= 4 is 0 Å². The first-order chi connectivity index (χ1) is 6.68. The van der Waals surface area contributed by atoms with E-state index in [-0.39, 0.29) is 0 Å². The molecule has 1 aliphatic heterocycles. The number of aromatic nitrogens is 1. The Morgan fingerprint density at radius 3 is 2.93 bits per heavy atom. The van der Waals surface area contributed by atoms with Crippen LogP contribution >= 0.6 is 0 Å². The zero-order valence-corrected chi connectivity index (χ0v) is 9.25. The number of hydrogen-bond acceptors (Lipinski definition) is 2. The molecule has 1 aromatic heterocycles. The normalized spacial score (nSPS) is 17.1. The van der Waals surface area contributed by atoms with Crippen LogP contribution in [0.1, 0.15) is 36.6 Å². The number of hydrogen-bond donors (Lipinski definition) is 0. The molecule has 0 spiro atoms. The average Bonchev–Trinajstić information content (AvgIpc) is 2.16. The van der Waals surface area contributed by atoms with E-state index in [0.717, 1.165) is 6.54 Å². The predicted octanol–water partition coefficient (Wildman–Crippen LogP) is 2.19. The van der Waals surface area contributed by atoms with E-state index < -0.39 is 0 Å². The highest BCUT2D eigenvalue weighted by molar-refractivity contribution is 5.33. The summed E-state index contributed by atoms with van der Waals surface area (Å²) in [6, 6.07) is 2.17. The molecular formula is C12H18N2. The van der Waals surface area contributed by atoms with Crippen LogP contribution in [0.5, 0.6) is 0 Å². The molecule has 0 unspecified atom stereocenters. The van der Waals surface area contributed by atoms with Gasteiger partial charge in [-0.05, 0) is 36.6 Å². The van der Waals surface area contributed by atoms with Crippen molar-refractivity contribution in [2.45, 2.75) is 32.7 Å². The summed E-state index contributed by atoms with van der Waals surface area (Å²) in [6.45, 7) is 6.68. The first-order valence-electron chi connectivity index (χ1n) is 5.33. The zero-order chi connectivity index (χ0) is 10.1. The van der Waals surface area contributed by atoms with Gasteiger partial charge in [-0.1, -0.05) is 13.8 Å². The second kappa shape index (κ2) is 3.70. The van der Waals surface area contributed by atoms with Gasteiger partial charge < -0.3 is 4.90 Å². The second-order valence-electron chi connectivity index (χ2n) is 4.48. The van der Waals surface area contributed by atoms with E-state index in [4.69, 9.17) is 0 Å². The molecule has 0 saturated heterocycles. The molecule has 0 aliphatic carbocycles. The standard InChI is InChI=1S/C12H18N2/c1-9(2)12-11-8-14(3)7-5-10(11)4-6-13-12/h4,6,9H,5,7-8H2,1-3H3. The summed E-state index contributed by atoms with van der Waals surface area (Å²) in [5, 5.41) is 0. The minimum Gasteiger partial charge on any atom is -0.302 e. The van der Waals surface area contributed by atoms with Gasteiger partial charge in [0.15, 0.2) is 0 Å². The van der Waals surface area contributed by atoms with E-state index in [1.165, 1.54) is 29.8 Å². The zero-order valence-electron chi connectivity index (χ0n) is 9.25. The molecule has 76 valence electrons. The fourth-order valence-corrected chi connectivity index (χ4v) is 2.13. The lowest BCUT2D eigenvalue weighted by Gasteiger charge is -2.27. The number of rotatable bonds is 1. The van der Waals surface area contributed by atoms with Gasteiger partial charge in [0.2, 0.25) is 0 Å². The molecule has 2 heterocycles. The molecule has 0 atom stereocenters. The van der Waals surface area contributed by atoms with Gasteiger partial charge >= 0.3 is 0 Å². The van der Waals surface area contributed by atoms with E-state index in [9.17, 15) is 0 Å². The van der Waals surface area contributed by atoms with Crippen LogP contribution in [0.2, 0.25) is 0 Å². The molecule has 0 radical (unpaired) electrons. The molecule has 14 heavy (non-hydrogen) atoms. The van der Waals surface area contributed by atoms with Gasteiger partial charge in [-0.25, -0.2) is 0 Å². The van der Waals surface area contributed by atoms with Gasteiger partial charge in [-0.2, -0.15) is 0 Å². The maximum absolute atomic E-state index is 4.50. The highest BCUT2D eigenvalue weighted by Gasteiger charge is 2.18. The van der Waals surface area contributed by atoms with E-state index in [1.807, 2.05) is 6.20 Å². The summed E-state index contributed by atoms with van der Waals surface area (Å²) >= 11 is 0. The van der Waals surface area contributed by atoms with Crippen LogP contribution in [0.25, 0.3) is 0 Å². The van der Waals surface area contributed by atoms with Crippen molar-refractivity contribution < 1.29 is 0 Å². The lowest BCUT2D eigenvalue weighted by Crippen LogP contribution is -2.28. The number of fused-ring (bicyclic) bond motifs is 1. The molecule has 2 nitrogen and oxygen atoms in total. The summed E-state index contributed by atoms with van der Waals surface area (Å²) < 4.78 is 0. The van der Waals surface area contributed by atoms with Crippen LogP contribution in [-0.2, 0) is 13.0 Å². The average molecular weight is 190 g/mol. The van der Waals surface area contributed by atoms with Crippen LogP contribution in [0.4, 0.5) is 0 Å². The Kier molecular flexibility index (Phi) is 2.55. The minimum atomic E-state index is 0.538. The Hall–Kier alpha value is -0.890. The molecule has 2 rings (SSSR count). The smallest absolute Gasteiger partial charge is 0.0476 e. The third kappa shape index (κ3) is 1.67. The summed E-state index contributed by atoms with van der Waals surface area (Å²) in [7, 11) is 2.18. The maximum Gasteiger partial charge on any atom is 0.0476 e. The molecule has 0 amide bonds. The molecule has 1 aliphatic rings. The summed E-state index contributed by atoms with van der Waals surface area (Å²) in [4.78, 5) is 6.87. The molecular weight excluding hydrogens is 172 g/mol. The van der Waals surface area contributed by atoms with E-state index in [1.54, 1.807) is 0 Å². The Bertz CT molecular complexity index is 331. The molecule has 1 aromatic rings. The highest BCUT2D eigenvalue weighted by atomic mass is 15.1. The predicted molar refractivity (Wildman–Crippen MR) is 58.4 cm³/mol. The molecule has 0 bridgehead atoms. The fraction of sp³-hybridized carbons (Fsp3) is 0.583. The summed E-state index contributed by atoms with van der Waals surface area (Å²) in [5.74, 6) is 0.538. The largest absolute Gasteiger partial charge is 0.302 e. The Morgan fingerprint density at radius 2 is 2.21 bits per heavy atom. The van der Waals surface area contributed by atoms with Crippen molar-refractivity contribution in [3.05, 3.63) is 29.1 Å². The van der Waals surface area contributed by atoms with Gasteiger partial charge in [0.25, 0.3) is 0 Å². The van der Waals surface area contributed by atoms with Gasteiger partial charge in [0, 0.05) is 25.0 Å². The van der Waals surface area contributed by atoms with Crippen molar-refractivity contribution in [1.82, 2.24) is 9.88 Å². The number of likely N-dealkylation sites (N-methyl/N-ethyl adjacent to an activating group) is 1. The number of nitrogens with zero attached hydrogens (tertiary/aromatic N) is 2. The van der Waals surface area contributed by atoms with Crippen LogP contribution in [0.15, 0.2) is 12.3 Å². The van der Waals surface area contributed by atoms with Crippen LogP contribution in [0, 0.1) is 0 Å². The van der Waals surface area contributed by atoms with Crippen LogP contribution in [-0.4, -0.2) is 23.5 Å². The summed E-state index contributed by atoms with van der Waals surface area (Å²) in [5.41, 5.74) is 4.26. The first-order valence-corrected chi connectivity index (χ1v) is 5.33. The third-order valence-corrected chi connectivity index (χ3v) is 2.92. The Morgan fingerprint density at radius 1 is 1.43 bits per heavy atom. The number of pyridine rings is 1. The monoisotopic (exact) mass is 190 g/mol. The summed E-state index contributed by atoms with van der Waals surface area (Å²) in [6.07, 6.45) is 3.13. The van der Waals surface area contributed by atoms with Gasteiger partial charge in [-0.3, -0.25) is 4.98 Å². The van der Waals surface area contributed by atoms with Crippen LogP contribution in [0.3, 0.4) is 0 Å². The minimum absolute atomic E-state index is 0.538. The molecule has 0 saturated carbocycles. The Labute approximate surface area is 86.0 Å². The topological polar surface area (TPSA) is 16.1 Å². The van der Waals surface area contributed by atoms with Gasteiger partial charge in [0.05, 0.1) is 0 Å². The van der Waals surface area contributed by atoms with Gasteiger partial charge in [-0.15, -0.1) is 0 Å². The van der Waals surface area contributed by atoms with Gasteiger partial charge in [0.1, 0.15) is 0 Å². The first kappa shape index (κ1) is 9.66. The highest BCUT2D eigenvalue weighted by Crippen LogP contribution is 2.24. The lowest BCUT2D eigenvalue weighted by molar-refractivity contribution is 0.310. The van der Waals surface area contributed by atoms with Crippen molar-refractivity contribution in [1.29, 1.82) is 0 Å². The fourth-order valence-electron chi connectivity index (χ4n) is 2.13. The van der Waals surface area contributed by atoms with E-state index >= 15 is 0 Å². The van der Waals surface area contributed by atoms with Crippen LogP contribution < -0.4 is 0 Å². The van der Waals surface area contributed by atoms with Crippen molar-refractivity contribution in [3.63, 3.8) is 0 Å². The molecule has 0 N–H and O–H groups in total. The lowest BCUT2D eigenvalue weighted by atomic mass is 9.94. The quantitative estimate of drug-likeness (QED) is 0.675. The Balaban J connectivity index is 2.43. The SMILES string of the molecule is CC(C)c1nccc2c1CN(C)CC2. The second-order valence-corrected chi connectivity index (χ2v) is 4.48. The van der Waals surface area contributed by atoms with Crippen molar-refractivity contribution in [2.24, 2.45) is 0 Å². The van der Waals surface area contributed by atoms with Crippen molar-refractivity contribution in [3.8, 4) is 0 Å². The van der Waals surface area contributed by atoms with E-state index in [2.05, 4.69) is 36.8 Å². The maximum atomic E-state index is 4.50. The van der Waals surface area contributed by atoms with E-state index in [0.29, 0.717) is 5.92 Å².